The van der Waals surface area contributed by atoms with E-state index in [1.807, 2.05) is 12.1 Å². The fourth-order valence-corrected chi connectivity index (χ4v) is 3.16. The highest BCUT2D eigenvalue weighted by atomic mass is 35.5. The number of nitrogens with one attached hydrogen (secondary N) is 1. The largest absolute Gasteiger partial charge is 0.384 e. The van der Waals surface area contributed by atoms with Gasteiger partial charge in [0.1, 0.15) is 0 Å². The Balaban J connectivity index is 2.16. The second-order valence-corrected chi connectivity index (χ2v) is 5.83. The molecule has 1 N–H and O–H groups in total. The Morgan fingerprint density at radius 3 is 3.05 bits per heavy atom. The van der Waals surface area contributed by atoms with Gasteiger partial charge in [0.2, 0.25) is 0 Å². The molecule has 4 heteroatoms. The fourth-order valence-electron chi connectivity index (χ4n) is 2.92. The minimum atomic E-state index is 0.625. The third kappa shape index (κ3) is 3.87. The van der Waals surface area contributed by atoms with E-state index in [4.69, 9.17) is 16.3 Å². The summed E-state index contributed by atoms with van der Waals surface area (Å²) in [5.41, 5.74) is 2.49. The van der Waals surface area contributed by atoms with Crippen molar-refractivity contribution in [1.82, 2.24) is 5.32 Å². The summed E-state index contributed by atoms with van der Waals surface area (Å²) in [6.07, 6.45) is 2.48. The van der Waals surface area contributed by atoms with Gasteiger partial charge < -0.3 is 15.0 Å². The van der Waals surface area contributed by atoms with Crippen molar-refractivity contribution < 1.29 is 4.74 Å². The van der Waals surface area contributed by atoms with Gasteiger partial charge >= 0.3 is 0 Å². The molecule has 3 nitrogen and oxygen atoms in total. The number of nitrogens with zero attached hydrogens (tertiary/aromatic N) is 1. The zero-order chi connectivity index (χ0) is 14.4. The van der Waals surface area contributed by atoms with Crippen LogP contribution >= 0.6 is 11.6 Å². The lowest BCUT2D eigenvalue weighted by atomic mass is 9.97. The van der Waals surface area contributed by atoms with Crippen molar-refractivity contribution in [3.8, 4) is 0 Å². The summed E-state index contributed by atoms with van der Waals surface area (Å²) in [6.45, 7) is 6.92. The van der Waals surface area contributed by atoms with E-state index < -0.39 is 0 Å². The molecule has 1 fully saturated rings. The van der Waals surface area contributed by atoms with Crippen molar-refractivity contribution in [3.05, 3.63) is 28.8 Å². The molecule has 0 bridgehead atoms. The zero-order valence-electron chi connectivity index (χ0n) is 12.5. The lowest BCUT2D eigenvalue weighted by molar-refractivity contribution is 0.143. The van der Waals surface area contributed by atoms with Crippen molar-refractivity contribution in [2.75, 3.05) is 38.3 Å². The molecular formula is C16H25ClN2O. The van der Waals surface area contributed by atoms with Crippen LogP contribution in [0.4, 0.5) is 5.69 Å². The third-order valence-electron chi connectivity index (χ3n) is 3.91. The van der Waals surface area contributed by atoms with Gasteiger partial charge in [0.25, 0.3) is 0 Å². The first-order valence-corrected chi connectivity index (χ1v) is 7.86. The van der Waals surface area contributed by atoms with Crippen LogP contribution in [-0.2, 0) is 11.3 Å². The Hall–Kier alpha value is -0.770. The number of rotatable bonds is 6. The van der Waals surface area contributed by atoms with Gasteiger partial charge in [-0.3, -0.25) is 0 Å². The predicted molar refractivity (Wildman–Crippen MR) is 85.6 cm³/mol. The van der Waals surface area contributed by atoms with Crippen molar-refractivity contribution in [2.45, 2.75) is 26.3 Å². The second-order valence-electron chi connectivity index (χ2n) is 5.43. The maximum Gasteiger partial charge on any atom is 0.0507 e. The van der Waals surface area contributed by atoms with Crippen molar-refractivity contribution in [1.29, 1.82) is 0 Å². The molecule has 1 aliphatic rings. The number of hydrogen-bond donors (Lipinski definition) is 1. The van der Waals surface area contributed by atoms with Gasteiger partial charge in [-0.05, 0) is 37.4 Å². The van der Waals surface area contributed by atoms with Gasteiger partial charge in [0, 0.05) is 43.0 Å². The molecule has 1 aliphatic heterocycles. The average Bonchev–Trinajstić information content (AvgIpc) is 2.46. The van der Waals surface area contributed by atoms with Crippen molar-refractivity contribution in [3.63, 3.8) is 0 Å². The molecule has 1 saturated heterocycles. The summed E-state index contributed by atoms with van der Waals surface area (Å²) in [5, 5.41) is 4.24. The molecule has 0 aliphatic carbocycles. The maximum absolute atomic E-state index is 6.39. The molecule has 0 amide bonds. The van der Waals surface area contributed by atoms with Crippen LogP contribution in [0.3, 0.4) is 0 Å². The first kappa shape index (κ1) is 15.6. The molecule has 0 radical (unpaired) electrons. The van der Waals surface area contributed by atoms with Crippen molar-refractivity contribution >= 4 is 17.3 Å². The van der Waals surface area contributed by atoms with E-state index in [-0.39, 0.29) is 0 Å². The number of halogens is 1. The fraction of sp³-hybridized carbons (Fsp3) is 0.625. The van der Waals surface area contributed by atoms with Crippen LogP contribution < -0.4 is 10.2 Å². The smallest absolute Gasteiger partial charge is 0.0507 e. The van der Waals surface area contributed by atoms with E-state index in [2.05, 4.69) is 23.2 Å². The molecule has 20 heavy (non-hydrogen) atoms. The second kappa shape index (κ2) is 7.87. The molecule has 1 aromatic carbocycles. The van der Waals surface area contributed by atoms with Crippen LogP contribution in [0.2, 0.25) is 5.02 Å². The molecular weight excluding hydrogens is 272 g/mol. The Kier molecular flexibility index (Phi) is 6.14. The molecule has 1 heterocycles. The summed E-state index contributed by atoms with van der Waals surface area (Å²) >= 11 is 6.39. The zero-order valence-corrected chi connectivity index (χ0v) is 13.2. The number of hydrogen-bond acceptors (Lipinski definition) is 3. The first-order valence-electron chi connectivity index (χ1n) is 7.48. The minimum Gasteiger partial charge on any atom is -0.384 e. The Morgan fingerprint density at radius 1 is 1.45 bits per heavy atom. The number of ether oxygens (including phenoxy) is 1. The summed E-state index contributed by atoms with van der Waals surface area (Å²) in [6, 6.07) is 6.22. The first-order chi connectivity index (χ1) is 9.76. The van der Waals surface area contributed by atoms with E-state index in [0.29, 0.717) is 5.92 Å². The lowest BCUT2D eigenvalue weighted by Gasteiger charge is -2.35. The number of methoxy groups -OCH3 is 1. The number of piperidine rings is 1. The van der Waals surface area contributed by atoms with E-state index in [0.717, 1.165) is 37.8 Å². The Labute approximate surface area is 127 Å². The number of benzene rings is 1. The Morgan fingerprint density at radius 2 is 2.30 bits per heavy atom. The van der Waals surface area contributed by atoms with Crippen LogP contribution in [0.1, 0.15) is 25.3 Å². The van der Waals surface area contributed by atoms with Crippen LogP contribution in [0.5, 0.6) is 0 Å². The maximum atomic E-state index is 6.39. The molecule has 1 unspecified atom stereocenters. The normalized spacial score (nSPS) is 19.4. The SMILES string of the molecule is CCNCc1c(Cl)cccc1N1CCCC(COC)C1. The summed E-state index contributed by atoms with van der Waals surface area (Å²) in [7, 11) is 1.79. The van der Waals surface area contributed by atoms with E-state index in [1.165, 1.54) is 24.1 Å². The molecule has 112 valence electrons. The summed E-state index contributed by atoms with van der Waals surface area (Å²) in [5.74, 6) is 0.625. The van der Waals surface area contributed by atoms with Crippen LogP contribution in [-0.4, -0.2) is 33.4 Å². The minimum absolute atomic E-state index is 0.625. The standard InChI is InChI=1S/C16H25ClN2O/c1-3-18-10-14-15(17)7-4-8-16(14)19-9-5-6-13(11-19)12-20-2/h4,7-8,13,18H,3,5-6,9-12H2,1-2H3. The molecule has 0 spiro atoms. The van der Waals surface area contributed by atoms with Crippen LogP contribution in [0.15, 0.2) is 18.2 Å². The van der Waals surface area contributed by atoms with E-state index >= 15 is 0 Å². The van der Waals surface area contributed by atoms with E-state index in [1.54, 1.807) is 7.11 Å². The van der Waals surface area contributed by atoms with Gasteiger partial charge in [-0.2, -0.15) is 0 Å². The van der Waals surface area contributed by atoms with E-state index in [9.17, 15) is 0 Å². The third-order valence-corrected chi connectivity index (χ3v) is 4.26. The molecule has 0 saturated carbocycles. The molecule has 1 aromatic rings. The predicted octanol–water partition coefficient (Wildman–Crippen LogP) is 3.31. The van der Waals surface area contributed by atoms with Crippen molar-refractivity contribution in [2.24, 2.45) is 5.92 Å². The molecule has 2 rings (SSSR count). The van der Waals surface area contributed by atoms with Gasteiger partial charge in [-0.15, -0.1) is 0 Å². The Bertz CT molecular complexity index is 423. The molecule has 1 atom stereocenters. The van der Waals surface area contributed by atoms with Gasteiger partial charge in [0.15, 0.2) is 0 Å². The van der Waals surface area contributed by atoms with Gasteiger partial charge in [-0.25, -0.2) is 0 Å². The van der Waals surface area contributed by atoms with Crippen LogP contribution in [0.25, 0.3) is 0 Å². The summed E-state index contributed by atoms with van der Waals surface area (Å²) < 4.78 is 5.32. The lowest BCUT2D eigenvalue weighted by Crippen LogP contribution is -2.38. The highest BCUT2D eigenvalue weighted by Crippen LogP contribution is 2.30. The summed E-state index contributed by atoms with van der Waals surface area (Å²) in [4.78, 5) is 2.46. The van der Waals surface area contributed by atoms with Gasteiger partial charge in [0.05, 0.1) is 6.61 Å². The highest BCUT2D eigenvalue weighted by molar-refractivity contribution is 6.31. The quantitative estimate of drug-likeness (QED) is 0.871. The highest BCUT2D eigenvalue weighted by Gasteiger charge is 2.22. The molecule has 0 aromatic heterocycles. The van der Waals surface area contributed by atoms with Crippen LogP contribution in [0, 0.1) is 5.92 Å². The van der Waals surface area contributed by atoms with Gasteiger partial charge in [-0.1, -0.05) is 24.6 Å². The number of anilines is 1. The monoisotopic (exact) mass is 296 g/mol. The topological polar surface area (TPSA) is 24.5 Å². The average molecular weight is 297 g/mol.